The van der Waals surface area contributed by atoms with Gasteiger partial charge < -0.3 is 14.0 Å². The van der Waals surface area contributed by atoms with E-state index in [0.717, 1.165) is 10.2 Å². The van der Waals surface area contributed by atoms with Crippen LogP contribution in [0.15, 0.2) is 54.0 Å². The third kappa shape index (κ3) is 3.61. The molecule has 0 N–H and O–H groups in total. The number of hydrogen-bond acceptors (Lipinski definition) is 5. The summed E-state index contributed by atoms with van der Waals surface area (Å²) in [7, 11) is 3.16. The van der Waals surface area contributed by atoms with E-state index in [-0.39, 0.29) is 5.91 Å². The Labute approximate surface area is 160 Å². The first-order chi connectivity index (χ1) is 13.1. The van der Waals surface area contributed by atoms with Crippen molar-refractivity contribution < 1.29 is 14.3 Å². The van der Waals surface area contributed by atoms with Crippen LogP contribution < -0.4 is 14.3 Å². The van der Waals surface area contributed by atoms with Gasteiger partial charge in [-0.2, -0.15) is 10.3 Å². The highest BCUT2D eigenvalue weighted by molar-refractivity contribution is 7.16. The summed E-state index contributed by atoms with van der Waals surface area (Å²) < 4.78 is 13.5. The monoisotopic (exact) mass is 379 g/mol. The van der Waals surface area contributed by atoms with Crippen molar-refractivity contribution >= 4 is 27.5 Å². The molecule has 6 nitrogen and oxygen atoms in total. The molecule has 0 aliphatic carbocycles. The average Bonchev–Trinajstić information content (AvgIpc) is 3.03. The van der Waals surface area contributed by atoms with Gasteiger partial charge in [0.15, 0.2) is 16.3 Å². The molecule has 0 atom stereocenters. The summed E-state index contributed by atoms with van der Waals surface area (Å²) in [5, 5.41) is 8.87. The number of thiazole rings is 1. The number of amides is 1. The van der Waals surface area contributed by atoms with Crippen LogP contribution in [0.2, 0.25) is 0 Å². The number of fused-ring (bicyclic) bond motifs is 1. The van der Waals surface area contributed by atoms with Gasteiger partial charge in [-0.15, -0.1) is 6.58 Å². The molecule has 0 bridgehead atoms. The normalized spacial score (nSPS) is 11.2. The molecule has 0 radical (unpaired) electrons. The molecule has 7 heteroatoms. The Balaban J connectivity index is 2.15. The number of benzene rings is 2. The SMILES string of the molecule is C=CCn1c(=NC(=O)c2ccc(C#N)cc2)sc2cc(OC)c(OC)cc21. The Morgan fingerprint density at radius 3 is 2.52 bits per heavy atom. The lowest BCUT2D eigenvalue weighted by Crippen LogP contribution is -2.16. The van der Waals surface area contributed by atoms with E-state index < -0.39 is 0 Å². The molecule has 3 aromatic rings. The third-order valence-electron chi connectivity index (χ3n) is 3.96. The lowest BCUT2D eigenvalue weighted by atomic mass is 10.1. The lowest BCUT2D eigenvalue weighted by molar-refractivity contribution is 0.0998. The number of ether oxygens (including phenoxy) is 2. The molecule has 0 saturated carbocycles. The number of rotatable bonds is 5. The van der Waals surface area contributed by atoms with Gasteiger partial charge in [-0.1, -0.05) is 17.4 Å². The van der Waals surface area contributed by atoms with Crippen LogP contribution in [0.1, 0.15) is 15.9 Å². The zero-order valence-electron chi connectivity index (χ0n) is 14.9. The predicted octanol–water partition coefficient (Wildman–Crippen LogP) is 3.52. The Bertz CT molecular complexity index is 1120. The maximum atomic E-state index is 12.6. The van der Waals surface area contributed by atoms with Crippen molar-refractivity contribution in [3.05, 3.63) is 65.0 Å². The van der Waals surface area contributed by atoms with E-state index in [1.54, 1.807) is 44.6 Å². The molecule has 27 heavy (non-hydrogen) atoms. The molecule has 0 aliphatic rings. The fraction of sp³-hybridized carbons (Fsp3) is 0.150. The summed E-state index contributed by atoms with van der Waals surface area (Å²) in [6, 6.07) is 12.1. The molecule has 0 saturated heterocycles. The van der Waals surface area contributed by atoms with E-state index in [2.05, 4.69) is 11.6 Å². The Hall–Kier alpha value is -3.37. The van der Waals surface area contributed by atoms with Crippen molar-refractivity contribution in [2.45, 2.75) is 6.54 Å². The van der Waals surface area contributed by atoms with Gasteiger partial charge in [0.1, 0.15) is 0 Å². The number of allylic oxidation sites excluding steroid dienone is 1. The van der Waals surface area contributed by atoms with Crippen molar-refractivity contribution in [1.82, 2.24) is 4.57 Å². The molecule has 1 amide bonds. The molecule has 136 valence electrons. The largest absolute Gasteiger partial charge is 0.493 e. The van der Waals surface area contributed by atoms with Crippen molar-refractivity contribution in [2.24, 2.45) is 4.99 Å². The number of carbonyl (C=O) groups is 1. The molecule has 1 heterocycles. The third-order valence-corrected chi connectivity index (χ3v) is 5.00. The van der Waals surface area contributed by atoms with Gasteiger partial charge in [-0.05, 0) is 24.3 Å². The Kier molecular flexibility index (Phi) is 5.38. The van der Waals surface area contributed by atoms with Crippen LogP contribution in [0.4, 0.5) is 0 Å². The van der Waals surface area contributed by atoms with Gasteiger partial charge >= 0.3 is 0 Å². The van der Waals surface area contributed by atoms with Crippen LogP contribution in [-0.4, -0.2) is 24.7 Å². The predicted molar refractivity (Wildman–Crippen MR) is 104 cm³/mol. The second-order valence-corrected chi connectivity index (χ2v) is 6.57. The number of nitriles is 1. The number of hydrogen-bond donors (Lipinski definition) is 0. The first-order valence-corrected chi connectivity index (χ1v) is 8.88. The fourth-order valence-corrected chi connectivity index (χ4v) is 3.67. The smallest absolute Gasteiger partial charge is 0.279 e. The zero-order chi connectivity index (χ0) is 19.4. The number of nitrogens with zero attached hydrogens (tertiary/aromatic N) is 3. The molecular weight excluding hydrogens is 362 g/mol. The van der Waals surface area contributed by atoms with Crippen LogP contribution >= 0.6 is 11.3 Å². The maximum Gasteiger partial charge on any atom is 0.279 e. The highest BCUT2D eigenvalue weighted by atomic mass is 32.1. The van der Waals surface area contributed by atoms with E-state index in [4.69, 9.17) is 14.7 Å². The first-order valence-electron chi connectivity index (χ1n) is 8.06. The number of carbonyl (C=O) groups excluding carboxylic acids is 1. The standard InChI is InChI=1S/C20H17N3O3S/c1-4-9-23-15-10-16(25-2)17(26-3)11-18(15)27-20(23)22-19(24)14-7-5-13(12-21)6-8-14/h4-8,10-11H,1,9H2,2-3H3. The number of aromatic nitrogens is 1. The van der Waals surface area contributed by atoms with Gasteiger partial charge in [0, 0.05) is 24.2 Å². The molecule has 0 aliphatic heterocycles. The summed E-state index contributed by atoms with van der Waals surface area (Å²) in [5.74, 6) is 0.843. The van der Waals surface area contributed by atoms with Gasteiger partial charge in [0.2, 0.25) is 0 Å². The molecule has 3 rings (SSSR count). The van der Waals surface area contributed by atoms with Gasteiger partial charge in [0.25, 0.3) is 5.91 Å². The Morgan fingerprint density at radius 2 is 1.93 bits per heavy atom. The molecule has 1 aromatic heterocycles. The van der Waals surface area contributed by atoms with Crippen LogP contribution in [0.5, 0.6) is 11.5 Å². The summed E-state index contributed by atoms with van der Waals surface area (Å²) in [6.45, 7) is 4.28. The van der Waals surface area contributed by atoms with E-state index >= 15 is 0 Å². The topological polar surface area (TPSA) is 76.6 Å². The minimum atomic E-state index is -0.372. The van der Waals surface area contributed by atoms with Crippen LogP contribution in [-0.2, 0) is 6.54 Å². The van der Waals surface area contributed by atoms with Gasteiger partial charge in [0.05, 0.1) is 36.1 Å². The van der Waals surface area contributed by atoms with E-state index in [9.17, 15) is 4.79 Å². The summed E-state index contributed by atoms with van der Waals surface area (Å²) in [6.07, 6.45) is 1.74. The first kappa shape index (κ1) is 18.4. The molecule has 0 spiro atoms. The van der Waals surface area contributed by atoms with Crippen molar-refractivity contribution in [1.29, 1.82) is 5.26 Å². The quantitative estimate of drug-likeness (QED) is 0.636. The summed E-state index contributed by atoms with van der Waals surface area (Å²) in [4.78, 5) is 17.4. The van der Waals surface area contributed by atoms with Crippen molar-refractivity contribution in [2.75, 3.05) is 14.2 Å². The zero-order valence-corrected chi connectivity index (χ0v) is 15.7. The van der Waals surface area contributed by atoms with Crippen LogP contribution in [0.3, 0.4) is 0 Å². The van der Waals surface area contributed by atoms with Crippen molar-refractivity contribution in [3.63, 3.8) is 0 Å². The Morgan fingerprint density at radius 1 is 1.26 bits per heavy atom. The van der Waals surface area contributed by atoms with Gasteiger partial charge in [-0.3, -0.25) is 4.79 Å². The number of methoxy groups -OCH3 is 2. The molecule has 2 aromatic carbocycles. The van der Waals surface area contributed by atoms with E-state index in [1.165, 1.54) is 11.3 Å². The minimum absolute atomic E-state index is 0.372. The lowest BCUT2D eigenvalue weighted by Gasteiger charge is -2.08. The van der Waals surface area contributed by atoms with Crippen molar-refractivity contribution in [3.8, 4) is 17.6 Å². The highest BCUT2D eigenvalue weighted by Crippen LogP contribution is 2.33. The fourth-order valence-electron chi connectivity index (χ4n) is 2.63. The van der Waals surface area contributed by atoms with Crippen LogP contribution in [0, 0.1) is 11.3 Å². The second kappa shape index (κ2) is 7.89. The minimum Gasteiger partial charge on any atom is -0.493 e. The van der Waals surface area contributed by atoms with Crippen LogP contribution in [0.25, 0.3) is 10.2 Å². The molecule has 0 fully saturated rings. The second-order valence-electron chi connectivity index (χ2n) is 5.56. The maximum absolute atomic E-state index is 12.6. The molecule has 0 unspecified atom stereocenters. The summed E-state index contributed by atoms with van der Waals surface area (Å²) in [5.41, 5.74) is 1.80. The van der Waals surface area contributed by atoms with E-state index in [0.29, 0.717) is 34.0 Å². The average molecular weight is 379 g/mol. The van der Waals surface area contributed by atoms with Gasteiger partial charge in [-0.25, -0.2) is 0 Å². The molecular formula is C20H17N3O3S. The highest BCUT2D eigenvalue weighted by Gasteiger charge is 2.13. The summed E-state index contributed by atoms with van der Waals surface area (Å²) >= 11 is 1.38. The van der Waals surface area contributed by atoms with E-state index in [1.807, 2.05) is 22.8 Å².